The number of aryl methyl sites for hydroxylation is 1. The Labute approximate surface area is 235 Å². The fourth-order valence-electron chi connectivity index (χ4n) is 3.77. The lowest BCUT2D eigenvalue weighted by Gasteiger charge is -2.06. The van der Waals surface area contributed by atoms with Crippen molar-refractivity contribution in [2.75, 3.05) is 6.61 Å². The monoisotopic (exact) mass is 592 g/mol. The Kier molecular flexibility index (Phi) is 10.2. The van der Waals surface area contributed by atoms with Gasteiger partial charge in [0.15, 0.2) is 12.4 Å². The lowest BCUT2D eigenvalue weighted by Crippen LogP contribution is -3.00. The summed E-state index contributed by atoms with van der Waals surface area (Å²) in [4.78, 5) is 26.8. The summed E-state index contributed by atoms with van der Waals surface area (Å²) < 4.78 is 8.12. The Morgan fingerprint density at radius 1 is 1.03 bits per heavy atom. The number of hydrogen-bond donors (Lipinski definition) is 0. The number of ketones is 1. The fraction of sp³-hybridized carbons (Fsp3) is 0.172. The van der Waals surface area contributed by atoms with Crippen molar-refractivity contribution in [3.8, 4) is 11.8 Å². The zero-order valence-corrected chi connectivity index (χ0v) is 23.7. The first kappa shape index (κ1) is 28.3. The van der Waals surface area contributed by atoms with Gasteiger partial charge in [0.2, 0.25) is 11.5 Å². The van der Waals surface area contributed by atoms with Crippen molar-refractivity contribution in [2.24, 2.45) is 0 Å². The largest absolute Gasteiger partial charge is 1.00 e. The molecule has 0 amide bonds. The SMILES string of the molecule is CCOC(=O)Cc1c(C(=O)c2ccccc2)sc(SCc2ccccc2C#N)c1-[n+]1ccc(C)cc1.[Br-]. The molecule has 5 nitrogen and oxygen atoms in total. The molecule has 0 N–H and O–H groups in total. The smallest absolute Gasteiger partial charge is 0.310 e. The molecule has 2 aromatic heterocycles. The van der Waals surface area contributed by atoms with Crippen molar-refractivity contribution in [3.63, 3.8) is 0 Å². The topological polar surface area (TPSA) is 71.0 Å². The van der Waals surface area contributed by atoms with Gasteiger partial charge in [-0.15, -0.1) is 23.1 Å². The van der Waals surface area contributed by atoms with Crippen LogP contribution in [0.25, 0.3) is 5.69 Å². The van der Waals surface area contributed by atoms with E-state index in [1.54, 1.807) is 36.9 Å². The Balaban J connectivity index is 0.00000380. The van der Waals surface area contributed by atoms with E-state index in [1.165, 1.54) is 11.3 Å². The molecular weight excluding hydrogens is 568 g/mol. The minimum atomic E-state index is -0.377. The number of thioether (sulfide) groups is 1. The molecule has 0 unspecified atom stereocenters. The number of rotatable bonds is 9. The second-order valence-electron chi connectivity index (χ2n) is 8.06. The summed E-state index contributed by atoms with van der Waals surface area (Å²) >= 11 is 2.94. The number of thiophene rings is 1. The molecule has 0 spiro atoms. The van der Waals surface area contributed by atoms with Crippen LogP contribution < -0.4 is 21.5 Å². The van der Waals surface area contributed by atoms with Crippen LogP contribution in [-0.4, -0.2) is 18.4 Å². The summed E-state index contributed by atoms with van der Waals surface area (Å²) in [6.07, 6.45) is 3.87. The maximum atomic E-state index is 13.6. The molecule has 0 saturated heterocycles. The van der Waals surface area contributed by atoms with Crippen LogP contribution in [0.15, 0.2) is 83.3 Å². The summed E-state index contributed by atoms with van der Waals surface area (Å²) in [7, 11) is 0. The molecule has 4 aromatic rings. The molecule has 0 aliphatic rings. The van der Waals surface area contributed by atoms with E-state index in [2.05, 4.69) is 6.07 Å². The highest BCUT2D eigenvalue weighted by atomic mass is 79.9. The Bertz CT molecular complexity index is 1430. The number of hydrogen-bond acceptors (Lipinski definition) is 6. The predicted octanol–water partition coefficient (Wildman–Crippen LogP) is 2.84. The number of benzene rings is 2. The van der Waals surface area contributed by atoms with Gasteiger partial charge in [0.05, 0.1) is 35.1 Å². The summed E-state index contributed by atoms with van der Waals surface area (Å²) in [5, 5.41) is 9.51. The number of aromatic nitrogens is 1. The van der Waals surface area contributed by atoms with E-state index in [-0.39, 0.29) is 41.8 Å². The highest BCUT2D eigenvalue weighted by Crippen LogP contribution is 2.40. The third-order valence-corrected chi connectivity index (χ3v) is 8.10. The Hall–Kier alpha value is -3.25. The lowest BCUT2D eigenvalue weighted by molar-refractivity contribution is -0.598. The van der Waals surface area contributed by atoms with Gasteiger partial charge in [-0.3, -0.25) is 9.59 Å². The first-order valence-corrected chi connectivity index (χ1v) is 13.3. The first-order chi connectivity index (χ1) is 17.5. The molecule has 8 heteroatoms. The molecule has 2 aromatic carbocycles. The lowest BCUT2D eigenvalue weighted by atomic mass is 10.0. The van der Waals surface area contributed by atoms with E-state index in [0.29, 0.717) is 27.3 Å². The zero-order chi connectivity index (χ0) is 25.5. The molecule has 37 heavy (non-hydrogen) atoms. The molecule has 0 aliphatic heterocycles. The summed E-state index contributed by atoms with van der Waals surface area (Å²) in [6, 6.07) is 22.8. The van der Waals surface area contributed by atoms with Crippen molar-refractivity contribution < 1.29 is 35.9 Å². The van der Waals surface area contributed by atoms with E-state index in [4.69, 9.17) is 4.74 Å². The molecule has 0 fully saturated rings. The van der Waals surface area contributed by atoms with Gasteiger partial charge in [0.1, 0.15) is 4.21 Å². The van der Waals surface area contributed by atoms with Crippen LogP contribution in [0, 0.1) is 18.3 Å². The third kappa shape index (κ3) is 6.75. The van der Waals surface area contributed by atoms with E-state index in [1.807, 2.05) is 72.4 Å². The number of pyridine rings is 1. The van der Waals surface area contributed by atoms with Gasteiger partial charge < -0.3 is 21.7 Å². The molecule has 2 heterocycles. The number of nitriles is 1. The quantitative estimate of drug-likeness (QED) is 0.129. The highest BCUT2D eigenvalue weighted by molar-refractivity contribution is 8.00. The minimum absolute atomic E-state index is 0. The van der Waals surface area contributed by atoms with Gasteiger partial charge in [-0.25, -0.2) is 0 Å². The van der Waals surface area contributed by atoms with E-state index < -0.39 is 0 Å². The number of carbonyl (C=O) groups is 2. The standard InChI is InChI=1S/C29H25N2O3S2.BrH/c1-3-34-25(32)17-24-26(31-15-13-20(2)14-16-31)29(35-19-23-12-8-7-11-22(23)18-30)36-28(24)27(33)21-9-5-4-6-10-21;/h4-16H,3,17,19H2,1-2H3;1H/q+1;/p-1. The Morgan fingerprint density at radius 3 is 2.38 bits per heavy atom. The molecule has 0 atom stereocenters. The molecular formula is C29H25BrN2O3S2. The van der Waals surface area contributed by atoms with Gasteiger partial charge in [0, 0.05) is 23.4 Å². The van der Waals surface area contributed by atoms with Crippen LogP contribution in [0.5, 0.6) is 0 Å². The van der Waals surface area contributed by atoms with Crippen LogP contribution in [0.3, 0.4) is 0 Å². The normalized spacial score (nSPS) is 10.3. The molecule has 4 rings (SSSR count). The maximum absolute atomic E-state index is 13.6. The van der Waals surface area contributed by atoms with Gasteiger partial charge in [-0.2, -0.15) is 9.83 Å². The zero-order valence-electron chi connectivity index (χ0n) is 20.4. The van der Waals surface area contributed by atoms with Crippen LogP contribution in [0.2, 0.25) is 0 Å². The van der Waals surface area contributed by atoms with E-state index in [0.717, 1.165) is 21.0 Å². The maximum Gasteiger partial charge on any atom is 0.310 e. The molecule has 0 bridgehead atoms. The fourth-order valence-corrected chi connectivity index (χ4v) is 6.34. The van der Waals surface area contributed by atoms with Gasteiger partial charge in [-0.1, -0.05) is 48.5 Å². The molecule has 0 radical (unpaired) electrons. The number of halogens is 1. The van der Waals surface area contributed by atoms with Crippen LogP contribution >= 0.6 is 23.1 Å². The van der Waals surface area contributed by atoms with E-state index in [9.17, 15) is 14.9 Å². The molecule has 188 valence electrons. The number of carbonyl (C=O) groups excluding carboxylic acids is 2. The summed E-state index contributed by atoms with van der Waals surface area (Å²) in [6.45, 7) is 4.05. The average molecular weight is 594 g/mol. The van der Waals surface area contributed by atoms with Gasteiger partial charge in [-0.05, 0) is 31.0 Å². The van der Waals surface area contributed by atoms with Gasteiger partial charge in [0.25, 0.3) is 0 Å². The van der Waals surface area contributed by atoms with Crippen molar-refractivity contribution in [1.82, 2.24) is 0 Å². The van der Waals surface area contributed by atoms with Crippen LogP contribution in [-0.2, 0) is 21.7 Å². The van der Waals surface area contributed by atoms with Crippen LogP contribution in [0.4, 0.5) is 0 Å². The second-order valence-corrected chi connectivity index (χ2v) is 10.3. The number of ether oxygens (including phenoxy) is 1. The molecule has 0 saturated carbocycles. The number of nitrogens with zero attached hydrogens (tertiary/aromatic N) is 2. The van der Waals surface area contributed by atoms with Crippen molar-refractivity contribution in [1.29, 1.82) is 5.26 Å². The van der Waals surface area contributed by atoms with Crippen molar-refractivity contribution in [3.05, 3.63) is 112 Å². The minimum Gasteiger partial charge on any atom is -1.00 e. The van der Waals surface area contributed by atoms with Crippen molar-refractivity contribution >= 4 is 34.9 Å². The van der Waals surface area contributed by atoms with Crippen LogP contribution in [0.1, 0.15) is 44.4 Å². The third-order valence-electron chi connectivity index (χ3n) is 5.57. The van der Waals surface area contributed by atoms with E-state index >= 15 is 0 Å². The highest BCUT2D eigenvalue weighted by Gasteiger charge is 2.31. The Morgan fingerprint density at radius 2 is 1.70 bits per heavy atom. The average Bonchev–Trinajstić information content (AvgIpc) is 3.26. The summed E-state index contributed by atoms with van der Waals surface area (Å²) in [5.74, 6) is 0.0532. The van der Waals surface area contributed by atoms with Gasteiger partial charge >= 0.3 is 5.97 Å². The predicted molar refractivity (Wildman–Crippen MR) is 142 cm³/mol. The summed E-state index contributed by atoms with van der Waals surface area (Å²) in [5.41, 5.74) is 4.66. The second kappa shape index (κ2) is 13.3. The number of esters is 1. The molecule has 0 aliphatic carbocycles. The van der Waals surface area contributed by atoms with Crippen molar-refractivity contribution in [2.45, 2.75) is 30.2 Å². The first-order valence-electron chi connectivity index (χ1n) is 11.5.